The number of hydrogen-bond donors (Lipinski definition) is 2. The molecule has 2 atom stereocenters. The number of aliphatic hydroxyl groups excluding tert-OH is 1. The molecule has 0 radical (unpaired) electrons. The fourth-order valence-electron chi connectivity index (χ4n) is 5.98. The zero-order valence-corrected chi connectivity index (χ0v) is 19.2. The number of carbonyl (C=O) groups excluding carboxylic acids is 1. The van der Waals surface area contributed by atoms with Gasteiger partial charge in [-0.2, -0.15) is 0 Å². The summed E-state index contributed by atoms with van der Waals surface area (Å²) in [6.07, 6.45) is -3.84. The molecule has 2 aromatic rings. The van der Waals surface area contributed by atoms with E-state index in [4.69, 9.17) is 20.8 Å². The van der Waals surface area contributed by atoms with Gasteiger partial charge in [-0.1, -0.05) is 11.6 Å². The molecule has 8 nitrogen and oxygen atoms in total. The number of halogens is 4. The third-order valence-electron chi connectivity index (χ3n) is 7.60. The van der Waals surface area contributed by atoms with Gasteiger partial charge in [0.05, 0.1) is 24.0 Å². The average Bonchev–Trinajstić information content (AvgIpc) is 3.15. The summed E-state index contributed by atoms with van der Waals surface area (Å²) in [5.74, 6) is 0.989. The molecule has 1 amide bonds. The van der Waals surface area contributed by atoms with Gasteiger partial charge in [0.1, 0.15) is 11.9 Å². The van der Waals surface area contributed by atoms with Gasteiger partial charge in [0.15, 0.2) is 0 Å². The Morgan fingerprint density at radius 1 is 1.23 bits per heavy atom. The number of hydrogen-bond acceptors (Lipinski definition) is 7. The number of ether oxygens (including phenoxy) is 2. The molecule has 4 aliphatic carbocycles. The molecule has 0 saturated heterocycles. The van der Waals surface area contributed by atoms with Crippen LogP contribution in [0.15, 0.2) is 22.6 Å². The van der Waals surface area contributed by atoms with E-state index in [0.717, 1.165) is 0 Å². The molecule has 35 heavy (non-hydrogen) atoms. The molecule has 1 aromatic heterocycles. The molecule has 12 heteroatoms. The molecule has 0 spiro atoms. The first-order valence-electron chi connectivity index (χ1n) is 11.6. The molecular weight excluding hydrogens is 491 g/mol. The van der Waals surface area contributed by atoms with Crippen molar-refractivity contribution in [1.29, 1.82) is 0 Å². The van der Waals surface area contributed by atoms with E-state index < -0.39 is 24.7 Å². The van der Waals surface area contributed by atoms with Crippen LogP contribution in [0.25, 0.3) is 0 Å². The van der Waals surface area contributed by atoms with Crippen molar-refractivity contribution < 1.29 is 37.0 Å². The summed E-state index contributed by atoms with van der Waals surface area (Å²) in [7, 11) is 0. The van der Waals surface area contributed by atoms with Crippen molar-refractivity contribution in [3.63, 3.8) is 0 Å². The summed E-state index contributed by atoms with van der Waals surface area (Å²) >= 11 is 5.98. The molecule has 0 unspecified atom stereocenters. The van der Waals surface area contributed by atoms with E-state index in [1.807, 2.05) is 0 Å². The summed E-state index contributed by atoms with van der Waals surface area (Å²) in [5.41, 5.74) is 0.0339. The van der Waals surface area contributed by atoms with E-state index in [9.17, 15) is 23.1 Å². The van der Waals surface area contributed by atoms with Crippen molar-refractivity contribution in [2.75, 3.05) is 0 Å². The Morgan fingerprint density at radius 3 is 2.69 bits per heavy atom. The SMILES string of the molecule is O=C(C[C@@H]1C[C@H](O)c2cc(Cl)ccc2O1)NC12CC(c3nnc(C4CC(OC(F)(F)F)C4)o3)(C1)C2. The van der Waals surface area contributed by atoms with Gasteiger partial charge in [0.25, 0.3) is 0 Å². The van der Waals surface area contributed by atoms with Crippen LogP contribution in [0.4, 0.5) is 13.2 Å². The maximum Gasteiger partial charge on any atom is 0.522 e. The lowest BCUT2D eigenvalue weighted by Gasteiger charge is -2.68. The highest BCUT2D eigenvalue weighted by Crippen LogP contribution is 2.67. The van der Waals surface area contributed by atoms with E-state index in [2.05, 4.69) is 20.3 Å². The van der Waals surface area contributed by atoms with Crippen LogP contribution in [-0.4, -0.2) is 45.3 Å². The van der Waals surface area contributed by atoms with Crippen molar-refractivity contribution in [3.8, 4) is 5.75 Å². The third kappa shape index (κ3) is 4.17. The topological polar surface area (TPSA) is 107 Å². The maximum atomic E-state index is 12.7. The van der Waals surface area contributed by atoms with Gasteiger partial charge in [0.2, 0.25) is 17.7 Å². The van der Waals surface area contributed by atoms with Gasteiger partial charge in [-0.05, 0) is 50.3 Å². The predicted octanol–water partition coefficient (Wildman–Crippen LogP) is 4.07. The van der Waals surface area contributed by atoms with Crippen LogP contribution in [0.1, 0.15) is 74.3 Å². The fourth-order valence-corrected chi connectivity index (χ4v) is 6.16. The molecule has 1 aromatic carbocycles. The smallest absolute Gasteiger partial charge is 0.489 e. The van der Waals surface area contributed by atoms with Crippen LogP contribution in [0.5, 0.6) is 5.75 Å². The minimum absolute atomic E-state index is 0.126. The lowest BCUT2D eigenvalue weighted by Crippen LogP contribution is -2.77. The van der Waals surface area contributed by atoms with E-state index in [-0.39, 0.29) is 42.0 Å². The van der Waals surface area contributed by atoms with Crippen LogP contribution in [-0.2, 0) is 14.9 Å². The number of aliphatic hydroxyl groups is 1. The van der Waals surface area contributed by atoms with Gasteiger partial charge in [-0.3, -0.25) is 9.53 Å². The Morgan fingerprint density at radius 2 is 1.97 bits per heavy atom. The average molecular weight is 514 g/mol. The molecule has 2 heterocycles. The van der Waals surface area contributed by atoms with Gasteiger partial charge >= 0.3 is 6.36 Å². The van der Waals surface area contributed by atoms with Crippen molar-refractivity contribution in [2.24, 2.45) is 0 Å². The first-order chi connectivity index (χ1) is 16.5. The van der Waals surface area contributed by atoms with E-state index in [1.54, 1.807) is 18.2 Å². The number of fused-ring (bicyclic) bond motifs is 1. The Balaban J connectivity index is 0.991. The first kappa shape index (κ1) is 23.1. The van der Waals surface area contributed by atoms with Crippen LogP contribution in [0, 0.1) is 0 Å². The monoisotopic (exact) mass is 513 g/mol. The van der Waals surface area contributed by atoms with Crippen molar-refractivity contribution in [2.45, 2.75) is 86.5 Å². The molecule has 4 saturated carbocycles. The lowest BCUT2D eigenvalue weighted by atomic mass is 9.39. The summed E-state index contributed by atoms with van der Waals surface area (Å²) in [5, 5.41) is 22.2. The second-order valence-electron chi connectivity index (χ2n) is 10.3. The summed E-state index contributed by atoms with van der Waals surface area (Å²) in [6.45, 7) is 0. The van der Waals surface area contributed by atoms with Crippen molar-refractivity contribution in [1.82, 2.24) is 15.5 Å². The number of rotatable bonds is 6. The molecule has 2 N–H and O–H groups in total. The number of carbonyl (C=O) groups is 1. The van der Waals surface area contributed by atoms with Gasteiger partial charge in [-0.25, -0.2) is 0 Å². The first-order valence-corrected chi connectivity index (χ1v) is 11.9. The summed E-state index contributed by atoms with van der Waals surface area (Å²) in [6, 6.07) is 5.04. The highest BCUT2D eigenvalue weighted by molar-refractivity contribution is 6.30. The highest BCUT2D eigenvalue weighted by Gasteiger charge is 2.72. The molecule has 5 aliphatic rings. The van der Waals surface area contributed by atoms with Crippen LogP contribution >= 0.6 is 11.6 Å². The van der Waals surface area contributed by atoms with Crippen molar-refractivity contribution in [3.05, 3.63) is 40.6 Å². The molecule has 2 bridgehead atoms. The Bertz CT molecular complexity index is 1150. The Hall–Kier alpha value is -2.37. The maximum absolute atomic E-state index is 12.7. The van der Waals surface area contributed by atoms with Crippen LogP contribution in [0.3, 0.4) is 0 Å². The lowest BCUT2D eigenvalue weighted by molar-refractivity contribution is -0.352. The predicted molar refractivity (Wildman–Crippen MR) is 114 cm³/mol. The zero-order valence-electron chi connectivity index (χ0n) is 18.5. The number of nitrogens with zero attached hydrogens (tertiary/aromatic N) is 2. The van der Waals surface area contributed by atoms with Crippen LogP contribution in [0.2, 0.25) is 5.02 Å². The second kappa shape index (κ2) is 7.81. The molecule has 188 valence electrons. The number of nitrogens with one attached hydrogen (secondary N) is 1. The van der Waals surface area contributed by atoms with Gasteiger partial charge in [-0.15, -0.1) is 23.4 Å². The minimum Gasteiger partial charge on any atom is -0.489 e. The van der Waals surface area contributed by atoms with Crippen molar-refractivity contribution >= 4 is 17.5 Å². The van der Waals surface area contributed by atoms with Gasteiger partial charge in [0, 0.05) is 28.5 Å². The summed E-state index contributed by atoms with van der Waals surface area (Å²) < 4.78 is 52.6. The van der Waals surface area contributed by atoms with E-state index in [0.29, 0.717) is 53.8 Å². The normalized spacial score (nSPS) is 35.1. The Kier molecular flexibility index (Phi) is 5.15. The largest absolute Gasteiger partial charge is 0.522 e. The molecule has 7 rings (SSSR count). The second-order valence-corrected chi connectivity index (χ2v) is 10.8. The fraction of sp³-hybridized carbons (Fsp3) is 0.609. The quantitative estimate of drug-likeness (QED) is 0.599. The summed E-state index contributed by atoms with van der Waals surface area (Å²) in [4.78, 5) is 12.7. The minimum atomic E-state index is -4.64. The number of amides is 1. The zero-order chi connectivity index (χ0) is 24.6. The van der Waals surface area contributed by atoms with E-state index >= 15 is 0 Å². The number of alkyl halides is 3. The van der Waals surface area contributed by atoms with Crippen LogP contribution < -0.4 is 10.1 Å². The molecule has 4 fully saturated rings. The standard InChI is InChI=1S/C23H23ClF3N3O5/c24-12-1-2-17-15(5-12)16(31)6-13(33-17)7-18(32)28-22-8-21(9-22,10-22)20-30-29-19(34-20)11-3-14(4-11)35-23(25,26)27/h1-2,5,11,13-14,16,31H,3-4,6-10H2,(H,28,32)/t11?,13-,14?,16-,21?,22?/m0/s1. The van der Waals surface area contributed by atoms with Gasteiger partial charge < -0.3 is 19.6 Å². The van der Waals surface area contributed by atoms with E-state index in [1.165, 1.54) is 0 Å². The third-order valence-corrected chi connectivity index (χ3v) is 7.83. The Labute approximate surface area is 203 Å². The molecular formula is C23H23ClF3N3O5. The highest BCUT2D eigenvalue weighted by atomic mass is 35.5. The molecule has 1 aliphatic heterocycles. The number of benzene rings is 1. The number of aromatic nitrogens is 2.